The molecule has 1 heterocycles. The van der Waals surface area contributed by atoms with Crippen LogP contribution in [0.4, 0.5) is 0 Å². The molecule has 0 amide bonds. The first-order valence-electron chi connectivity index (χ1n) is 5.77. The Morgan fingerprint density at radius 2 is 2.00 bits per heavy atom. The van der Waals surface area contributed by atoms with Crippen LogP contribution in [-0.2, 0) is 5.41 Å². The van der Waals surface area contributed by atoms with Gasteiger partial charge in [0.2, 0.25) is 0 Å². The summed E-state index contributed by atoms with van der Waals surface area (Å²) in [4.78, 5) is 4.64. The van der Waals surface area contributed by atoms with Crippen molar-refractivity contribution in [3.8, 4) is 16.6 Å². The Balaban J connectivity index is 1.97. The Morgan fingerprint density at radius 3 is 2.59 bits per heavy atom. The van der Waals surface area contributed by atoms with Gasteiger partial charge in [0, 0.05) is 10.9 Å². The summed E-state index contributed by atoms with van der Waals surface area (Å²) < 4.78 is 0. The van der Waals surface area contributed by atoms with Crippen molar-refractivity contribution in [2.75, 3.05) is 0 Å². The average molecular weight is 240 g/mol. The van der Waals surface area contributed by atoms with E-state index in [2.05, 4.69) is 23.2 Å². The van der Waals surface area contributed by atoms with E-state index >= 15 is 0 Å². The zero-order valence-electron chi connectivity index (χ0n) is 9.39. The number of benzene rings is 1. The van der Waals surface area contributed by atoms with Gasteiger partial charge in [0.1, 0.15) is 10.4 Å². The molecule has 2 aromatic rings. The van der Waals surface area contributed by atoms with Gasteiger partial charge in [-0.1, -0.05) is 30.3 Å². The van der Waals surface area contributed by atoms with Crippen LogP contribution in [0.5, 0.6) is 0 Å². The van der Waals surface area contributed by atoms with Crippen LogP contribution in [0.2, 0.25) is 0 Å². The van der Waals surface area contributed by atoms with Crippen molar-refractivity contribution in [3.63, 3.8) is 0 Å². The third-order valence-corrected chi connectivity index (χ3v) is 4.33. The number of nitriles is 1. The zero-order chi connectivity index (χ0) is 11.7. The highest BCUT2D eigenvalue weighted by atomic mass is 32.1. The molecule has 0 radical (unpaired) electrons. The smallest absolute Gasteiger partial charge is 0.123 e. The lowest BCUT2D eigenvalue weighted by Gasteiger charge is -2.33. The lowest BCUT2D eigenvalue weighted by atomic mass is 9.68. The average Bonchev–Trinajstić information content (AvgIpc) is 2.80. The maximum Gasteiger partial charge on any atom is 0.123 e. The number of nitrogens with zero attached hydrogens (tertiary/aromatic N) is 2. The fraction of sp³-hybridized carbons (Fsp3) is 0.286. The molecule has 3 heteroatoms. The van der Waals surface area contributed by atoms with Crippen molar-refractivity contribution in [3.05, 3.63) is 41.4 Å². The molecular formula is C14H12N2S. The van der Waals surface area contributed by atoms with Crippen molar-refractivity contribution in [2.45, 2.75) is 24.7 Å². The molecule has 3 rings (SSSR count). The molecule has 0 N–H and O–H groups in total. The van der Waals surface area contributed by atoms with E-state index in [0.717, 1.165) is 35.5 Å². The summed E-state index contributed by atoms with van der Waals surface area (Å²) >= 11 is 1.63. The van der Waals surface area contributed by atoms with E-state index < -0.39 is 0 Å². The first kappa shape index (κ1) is 10.5. The van der Waals surface area contributed by atoms with Gasteiger partial charge >= 0.3 is 0 Å². The van der Waals surface area contributed by atoms with Crippen molar-refractivity contribution < 1.29 is 0 Å². The summed E-state index contributed by atoms with van der Waals surface area (Å²) in [6.45, 7) is 0. The molecule has 1 saturated carbocycles. The molecule has 1 aromatic carbocycles. The van der Waals surface area contributed by atoms with Gasteiger partial charge in [-0.15, -0.1) is 11.3 Å². The third kappa shape index (κ3) is 1.65. The third-order valence-electron chi connectivity index (χ3n) is 3.44. The monoisotopic (exact) mass is 240 g/mol. The van der Waals surface area contributed by atoms with E-state index in [1.807, 2.05) is 23.6 Å². The predicted molar refractivity (Wildman–Crippen MR) is 68.7 cm³/mol. The Labute approximate surface area is 105 Å². The summed E-state index contributed by atoms with van der Waals surface area (Å²) in [6, 6.07) is 12.6. The van der Waals surface area contributed by atoms with Crippen LogP contribution in [0.25, 0.3) is 10.6 Å². The largest absolute Gasteiger partial charge is 0.239 e. The second-order valence-electron chi connectivity index (χ2n) is 4.45. The molecule has 0 saturated heterocycles. The van der Waals surface area contributed by atoms with Crippen molar-refractivity contribution in [1.82, 2.24) is 4.98 Å². The van der Waals surface area contributed by atoms with Crippen LogP contribution in [0, 0.1) is 11.3 Å². The second-order valence-corrected chi connectivity index (χ2v) is 5.31. The quantitative estimate of drug-likeness (QED) is 0.801. The molecule has 17 heavy (non-hydrogen) atoms. The number of hydrogen-bond acceptors (Lipinski definition) is 3. The van der Waals surface area contributed by atoms with Crippen molar-refractivity contribution in [2.24, 2.45) is 0 Å². The molecule has 0 spiro atoms. The predicted octanol–water partition coefficient (Wildman–Crippen LogP) is 3.76. The summed E-state index contributed by atoms with van der Waals surface area (Å²) in [6.07, 6.45) is 3.06. The summed E-state index contributed by atoms with van der Waals surface area (Å²) in [5.41, 5.74) is 1.81. The van der Waals surface area contributed by atoms with Crippen LogP contribution in [-0.4, -0.2) is 4.98 Å². The van der Waals surface area contributed by atoms with E-state index in [4.69, 9.17) is 0 Å². The normalized spacial score (nSPS) is 17.1. The number of hydrogen-bond donors (Lipinski definition) is 0. The molecule has 1 aliphatic carbocycles. The Morgan fingerprint density at radius 1 is 1.24 bits per heavy atom. The van der Waals surface area contributed by atoms with E-state index in [9.17, 15) is 5.26 Å². The van der Waals surface area contributed by atoms with Gasteiger partial charge in [-0.3, -0.25) is 0 Å². The van der Waals surface area contributed by atoms with Crippen LogP contribution in [0.1, 0.15) is 25.0 Å². The van der Waals surface area contributed by atoms with Gasteiger partial charge in [-0.2, -0.15) is 5.26 Å². The van der Waals surface area contributed by atoms with Gasteiger partial charge in [-0.05, 0) is 19.3 Å². The first-order chi connectivity index (χ1) is 8.34. The standard InChI is InChI=1S/C14H12N2S/c15-10-14(7-4-8-14)12-9-17-13(16-12)11-5-2-1-3-6-11/h1-3,5-6,9H,4,7-8H2. The minimum absolute atomic E-state index is 0.288. The molecule has 2 nitrogen and oxygen atoms in total. The van der Waals surface area contributed by atoms with E-state index in [-0.39, 0.29) is 5.41 Å². The van der Waals surface area contributed by atoms with Gasteiger partial charge in [-0.25, -0.2) is 4.98 Å². The van der Waals surface area contributed by atoms with Crippen LogP contribution in [0.15, 0.2) is 35.7 Å². The second kappa shape index (κ2) is 3.97. The number of thiazole rings is 1. The first-order valence-corrected chi connectivity index (χ1v) is 6.65. The Bertz CT molecular complexity index is 561. The molecule has 0 unspecified atom stereocenters. The van der Waals surface area contributed by atoms with Gasteiger partial charge in [0.15, 0.2) is 0 Å². The summed E-state index contributed by atoms with van der Waals surface area (Å²) in [7, 11) is 0. The van der Waals surface area contributed by atoms with Crippen molar-refractivity contribution in [1.29, 1.82) is 5.26 Å². The zero-order valence-corrected chi connectivity index (χ0v) is 10.2. The Kier molecular flexibility index (Phi) is 2.45. The Hall–Kier alpha value is -1.66. The summed E-state index contributed by atoms with van der Waals surface area (Å²) in [5, 5.41) is 12.3. The lowest BCUT2D eigenvalue weighted by molar-refractivity contribution is 0.317. The number of rotatable bonds is 2. The molecule has 84 valence electrons. The molecule has 0 aliphatic heterocycles. The highest BCUT2D eigenvalue weighted by Gasteiger charge is 2.41. The highest BCUT2D eigenvalue weighted by molar-refractivity contribution is 7.13. The molecule has 0 atom stereocenters. The maximum atomic E-state index is 9.28. The van der Waals surface area contributed by atoms with Crippen LogP contribution < -0.4 is 0 Å². The molecule has 0 bridgehead atoms. The molecule has 1 aromatic heterocycles. The SMILES string of the molecule is N#CC1(c2csc(-c3ccccc3)n2)CCC1. The molecule has 1 aliphatic rings. The highest BCUT2D eigenvalue weighted by Crippen LogP contribution is 2.44. The van der Waals surface area contributed by atoms with Gasteiger partial charge < -0.3 is 0 Å². The molecule has 1 fully saturated rings. The molecular weight excluding hydrogens is 228 g/mol. The summed E-state index contributed by atoms with van der Waals surface area (Å²) in [5.74, 6) is 0. The number of aromatic nitrogens is 1. The van der Waals surface area contributed by atoms with Gasteiger partial charge in [0.05, 0.1) is 11.8 Å². The van der Waals surface area contributed by atoms with Gasteiger partial charge in [0.25, 0.3) is 0 Å². The van der Waals surface area contributed by atoms with E-state index in [1.165, 1.54) is 0 Å². The lowest BCUT2D eigenvalue weighted by Crippen LogP contribution is -2.32. The fourth-order valence-corrected chi connectivity index (χ4v) is 3.09. The fourth-order valence-electron chi connectivity index (χ4n) is 2.16. The van der Waals surface area contributed by atoms with Crippen LogP contribution >= 0.6 is 11.3 Å². The minimum Gasteiger partial charge on any atom is -0.239 e. The van der Waals surface area contributed by atoms with Crippen molar-refractivity contribution >= 4 is 11.3 Å². The minimum atomic E-state index is -0.288. The van der Waals surface area contributed by atoms with Crippen LogP contribution in [0.3, 0.4) is 0 Å². The van der Waals surface area contributed by atoms with E-state index in [0.29, 0.717) is 0 Å². The van der Waals surface area contributed by atoms with E-state index in [1.54, 1.807) is 11.3 Å². The maximum absolute atomic E-state index is 9.28. The topological polar surface area (TPSA) is 36.7 Å².